The number of fused-ring (bicyclic) bond motifs is 2. The Morgan fingerprint density at radius 2 is 1.60 bits per heavy atom. The van der Waals surface area contributed by atoms with E-state index in [1.807, 2.05) is 6.92 Å². The van der Waals surface area contributed by atoms with Crippen molar-refractivity contribution < 1.29 is 9.59 Å². The van der Waals surface area contributed by atoms with Crippen LogP contribution in [-0.4, -0.2) is 48.1 Å². The van der Waals surface area contributed by atoms with E-state index in [1.165, 1.54) is 13.7 Å². The van der Waals surface area contributed by atoms with Gasteiger partial charge in [0.1, 0.15) is 0 Å². The Morgan fingerprint density at radius 3 is 2.25 bits per heavy atom. The molecule has 0 bridgehead atoms. The molecule has 4 aromatic rings. The van der Waals surface area contributed by atoms with Crippen LogP contribution in [0.3, 0.4) is 0 Å². The minimum absolute atomic E-state index is 0.209. The fourth-order valence-corrected chi connectivity index (χ4v) is 5.72. The molecule has 0 saturated carbocycles. The van der Waals surface area contributed by atoms with Crippen molar-refractivity contribution in [3.8, 4) is 0 Å². The van der Waals surface area contributed by atoms with Gasteiger partial charge in [0.05, 0.1) is 33.2 Å². The third-order valence-electron chi connectivity index (χ3n) is 7.81. The van der Waals surface area contributed by atoms with E-state index < -0.39 is 11.2 Å². The van der Waals surface area contributed by atoms with Gasteiger partial charge < -0.3 is 10.2 Å². The first-order chi connectivity index (χ1) is 19.1. The van der Waals surface area contributed by atoms with Crippen molar-refractivity contribution in [2.45, 2.75) is 45.7 Å². The number of halogens is 1. The Bertz CT molecular complexity index is 1860. The summed E-state index contributed by atoms with van der Waals surface area (Å²) in [6.45, 7) is 4.61. The predicted octanol–water partition coefficient (Wildman–Crippen LogP) is 2.85. The molecule has 0 unspecified atom stereocenters. The van der Waals surface area contributed by atoms with Crippen molar-refractivity contribution in [3.63, 3.8) is 0 Å². The number of amides is 2. The fraction of sp³-hybridized carbons (Fsp3) is 0.393. The Hall–Kier alpha value is -4.12. The van der Waals surface area contributed by atoms with Crippen molar-refractivity contribution in [1.29, 1.82) is 0 Å². The van der Waals surface area contributed by atoms with Gasteiger partial charge in [0.2, 0.25) is 5.91 Å². The van der Waals surface area contributed by atoms with Crippen LogP contribution < -0.4 is 22.3 Å². The molecule has 2 amide bonds. The number of likely N-dealkylation sites (tertiary alicyclic amines) is 1. The first kappa shape index (κ1) is 27.4. The maximum Gasteiger partial charge on any atom is 0.331 e. The number of benzene rings is 2. The molecule has 2 aromatic heterocycles. The summed E-state index contributed by atoms with van der Waals surface area (Å²) < 4.78 is 5.78. The number of hydrogen-bond acceptors (Lipinski definition) is 5. The average Bonchev–Trinajstić information content (AvgIpc) is 3.19. The summed E-state index contributed by atoms with van der Waals surface area (Å²) in [4.78, 5) is 67.0. The number of hydrogen-bond donors (Lipinski definition) is 1. The molecular weight excluding hydrogens is 536 g/mol. The number of nitrogens with zero attached hydrogens (tertiary/aromatic N) is 5. The number of anilines is 1. The fourth-order valence-electron chi connectivity index (χ4n) is 5.55. The summed E-state index contributed by atoms with van der Waals surface area (Å²) in [7, 11) is 3.27. The van der Waals surface area contributed by atoms with E-state index in [-0.39, 0.29) is 35.5 Å². The molecule has 2 aromatic carbocycles. The molecule has 0 spiro atoms. The topological polar surface area (TPSA) is 120 Å². The van der Waals surface area contributed by atoms with Crippen LogP contribution in [0.2, 0.25) is 5.02 Å². The Morgan fingerprint density at radius 1 is 0.925 bits per heavy atom. The molecule has 1 fully saturated rings. The van der Waals surface area contributed by atoms with Crippen molar-refractivity contribution >= 4 is 51.0 Å². The molecular formula is C28H31ClN6O5. The zero-order chi connectivity index (χ0) is 28.9. The molecule has 11 nitrogen and oxygen atoms in total. The summed E-state index contributed by atoms with van der Waals surface area (Å²) in [6.07, 6.45) is 1.03. The van der Waals surface area contributed by atoms with E-state index in [2.05, 4.69) is 5.32 Å². The predicted molar refractivity (Wildman–Crippen MR) is 154 cm³/mol. The van der Waals surface area contributed by atoms with Gasteiger partial charge in [-0.3, -0.25) is 32.7 Å². The third-order valence-corrected chi connectivity index (χ3v) is 8.04. The number of aromatic nitrogens is 4. The van der Waals surface area contributed by atoms with Gasteiger partial charge in [-0.15, -0.1) is 0 Å². The maximum absolute atomic E-state index is 13.8. The van der Waals surface area contributed by atoms with Crippen LogP contribution in [0, 0.1) is 0 Å². The van der Waals surface area contributed by atoms with E-state index >= 15 is 0 Å². The first-order valence-electron chi connectivity index (χ1n) is 13.3. The largest absolute Gasteiger partial charge is 0.338 e. The molecule has 1 N–H and O–H groups in total. The summed E-state index contributed by atoms with van der Waals surface area (Å²) in [6, 6.07) is 7.80. The lowest BCUT2D eigenvalue weighted by atomic mass is 10.0. The second-order valence-corrected chi connectivity index (χ2v) is 10.5. The van der Waals surface area contributed by atoms with Crippen molar-refractivity contribution in [3.05, 3.63) is 72.2 Å². The van der Waals surface area contributed by atoms with E-state index in [4.69, 9.17) is 11.6 Å². The van der Waals surface area contributed by atoms with Crippen LogP contribution in [-0.2, 0) is 25.4 Å². The molecule has 1 aliphatic heterocycles. The van der Waals surface area contributed by atoms with Crippen LogP contribution in [0.5, 0.6) is 0 Å². The highest BCUT2D eigenvalue weighted by Crippen LogP contribution is 2.28. The van der Waals surface area contributed by atoms with Gasteiger partial charge in [-0.1, -0.05) is 18.5 Å². The van der Waals surface area contributed by atoms with Crippen LogP contribution in [0.4, 0.5) is 5.69 Å². The van der Waals surface area contributed by atoms with Crippen LogP contribution in [0.15, 0.2) is 44.7 Å². The minimum atomic E-state index is -0.416. The molecule has 0 atom stereocenters. The highest BCUT2D eigenvalue weighted by atomic mass is 35.5. The van der Waals surface area contributed by atoms with Gasteiger partial charge in [-0.25, -0.2) is 9.59 Å². The molecule has 1 aliphatic rings. The Kier molecular flexibility index (Phi) is 7.17. The lowest BCUT2D eigenvalue weighted by molar-refractivity contribution is -0.115. The number of carbonyl (C=O) groups excluding carboxylic acids is 2. The molecule has 0 aliphatic carbocycles. The summed E-state index contributed by atoms with van der Waals surface area (Å²) in [5.74, 6) is -0.546. The number of piperidine rings is 1. The summed E-state index contributed by atoms with van der Waals surface area (Å²) in [5, 5.41) is 3.58. The van der Waals surface area contributed by atoms with Crippen molar-refractivity contribution in [1.82, 2.24) is 23.2 Å². The number of aryl methyl sites for hydroxylation is 3. The zero-order valence-corrected chi connectivity index (χ0v) is 23.6. The number of rotatable bonds is 5. The minimum Gasteiger partial charge on any atom is -0.338 e. The van der Waals surface area contributed by atoms with E-state index in [0.29, 0.717) is 65.1 Å². The molecule has 210 valence electrons. The van der Waals surface area contributed by atoms with Gasteiger partial charge in [-0.2, -0.15) is 0 Å². The zero-order valence-electron chi connectivity index (χ0n) is 22.9. The van der Waals surface area contributed by atoms with Crippen molar-refractivity contribution in [2.75, 3.05) is 18.4 Å². The van der Waals surface area contributed by atoms with Gasteiger partial charge in [0.15, 0.2) is 0 Å². The molecule has 40 heavy (non-hydrogen) atoms. The quantitative estimate of drug-likeness (QED) is 0.398. The number of nitrogens with one attached hydrogen (secondary N) is 1. The lowest BCUT2D eigenvalue weighted by Crippen LogP contribution is -2.46. The molecule has 3 heterocycles. The van der Waals surface area contributed by atoms with Gasteiger partial charge >= 0.3 is 11.4 Å². The van der Waals surface area contributed by atoms with Crippen LogP contribution >= 0.6 is 11.6 Å². The van der Waals surface area contributed by atoms with Crippen LogP contribution in [0.1, 0.15) is 49.5 Å². The smallest absolute Gasteiger partial charge is 0.331 e. The van der Waals surface area contributed by atoms with Gasteiger partial charge in [0.25, 0.3) is 11.5 Å². The highest BCUT2D eigenvalue weighted by molar-refractivity contribution is 6.31. The average molecular weight is 567 g/mol. The summed E-state index contributed by atoms with van der Waals surface area (Å²) >= 11 is 6.13. The van der Waals surface area contributed by atoms with Crippen LogP contribution in [0.25, 0.3) is 21.9 Å². The van der Waals surface area contributed by atoms with Gasteiger partial charge in [-0.05, 0) is 50.1 Å². The Balaban J connectivity index is 1.48. The maximum atomic E-state index is 13.8. The molecule has 1 saturated heterocycles. The van der Waals surface area contributed by atoms with E-state index in [1.54, 1.807) is 60.8 Å². The normalized spacial score (nSPS) is 14.3. The Labute approximate surface area is 234 Å². The first-order valence-corrected chi connectivity index (χ1v) is 13.7. The summed E-state index contributed by atoms with van der Waals surface area (Å²) in [5.41, 5.74) is 1.32. The number of imidazole rings is 1. The molecule has 5 rings (SSSR count). The molecule has 0 radical (unpaired) electrons. The monoisotopic (exact) mass is 566 g/mol. The molecule has 12 heteroatoms. The van der Waals surface area contributed by atoms with E-state index in [9.17, 15) is 24.0 Å². The number of carbonyl (C=O) groups is 2. The third kappa shape index (κ3) is 4.43. The SMILES string of the molecule is CCC(=O)Nc1cc2c(cc1C(=O)N1CCC(n3c(=O)c4cc(Cl)ccc4n(C)c3=O)CC1)n(CC)c(=O)n2C. The second kappa shape index (κ2) is 10.5. The highest BCUT2D eigenvalue weighted by Gasteiger charge is 2.29. The second-order valence-electron chi connectivity index (χ2n) is 10.1. The lowest BCUT2D eigenvalue weighted by Gasteiger charge is -2.33. The standard InChI is InChI=1S/C28H31ClN6O5/c1-5-24(36)30-20-15-22-23(34(6-2)27(39)32(22)4)14-18(20)25(37)33-11-9-17(10-12-33)35-26(38)19-13-16(29)7-8-21(19)31(3)28(35)40/h7-8,13-15,17H,5-6,9-12H2,1-4H3,(H,30,36). The van der Waals surface area contributed by atoms with Gasteiger partial charge in [0, 0.05) is 51.2 Å². The van der Waals surface area contributed by atoms with Crippen molar-refractivity contribution in [2.24, 2.45) is 14.1 Å². The van der Waals surface area contributed by atoms with E-state index in [0.717, 1.165) is 0 Å².